The summed E-state index contributed by atoms with van der Waals surface area (Å²) in [6.07, 6.45) is 1.49. The van der Waals surface area contributed by atoms with E-state index in [1.54, 1.807) is 0 Å². The van der Waals surface area contributed by atoms with Gasteiger partial charge in [0.05, 0.1) is 46.3 Å². The molecule has 2 atom stereocenters. The summed E-state index contributed by atoms with van der Waals surface area (Å²) >= 11 is 6.09. The fourth-order valence-corrected chi connectivity index (χ4v) is 3.64. The van der Waals surface area contributed by atoms with Gasteiger partial charge < -0.3 is 9.72 Å². The van der Waals surface area contributed by atoms with Gasteiger partial charge in [-0.3, -0.25) is 14.9 Å². The summed E-state index contributed by atoms with van der Waals surface area (Å²) in [7, 11) is 0. The predicted molar refractivity (Wildman–Crippen MR) is 99.6 cm³/mol. The molecule has 0 spiro atoms. The molecule has 3 heterocycles. The van der Waals surface area contributed by atoms with Gasteiger partial charge in [0.25, 0.3) is 6.43 Å². The van der Waals surface area contributed by atoms with E-state index in [9.17, 15) is 22.4 Å². The average Bonchev–Trinajstić information content (AvgIpc) is 3.08. The number of aromatic nitrogens is 5. The summed E-state index contributed by atoms with van der Waals surface area (Å²) in [6.45, 7) is 0. The lowest BCUT2D eigenvalue weighted by Crippen LogP contribution is -2.15. The van der Waals surface area contributed by atoms with E-state index in [4.69, 9.17) is 11.6 Å². The lowest BCUT2D eigenvalue weighted by Gasteiger charge is -2.11. The second-order valence-electron chi connectivity index (χ2n) is 6.89. The normalized spacial score (nSPS) is 18.5. The molecule has 154 valence electrons. The number of hydrogen-bond donors (Lipinski definition) is 2. The molecule has 30 heavy (non-hydrogen) atoms. The molecule has 1 aliphatic carbocycles. The van der Waals surface area contributed by atoms with E-state index in [0.29, 0.717) is 5.65 Å². The Balaban J connectivity index is 1.59. The number of carbonyl (C=O) groups excluding carboxylic acids is 1. The molecule has 3 aromatic heterocycles. The molecular formula is C18H11ClF4N6O. The van der Waals surface area contributed by atoms with E-state index in [-0.39, 0.29) is 34.4 Å². The third-order valence-electron chi connectivity index (χ3n) is 4.94. The van der Waals surface area contributed by atoms with Gasteiger partial charge in [0.15, 0.2) is 17.3 Å². The number of halogens is 5. The standard InChI is InChI=1S/C18H11ClF4N6O/c19-14-12(7-2-25-28-16(7)13(15(14)21)17(22)23)9-4-29-5-10(26-11(29)3-24-9)27-18(30)6-1-8(6)20/h2-6,8,17H,1H2,(H,25,28)(H,27,30). The highest BCUT2D eigenvalue weighted by Crippen LogP contribution is 2.41. The molecule has 0 bridgehead atoms. The molecule has 1 aromatic carbocycles. The average molecular weight is 439 g/mol. The maximum absolute atomic E-state index is 14.6. The molecule has 12 heteroatoms. The summed E-state index contributed by atoms with van der Waals surface area (Å²) < 4.78 is 55.8. The zero-order valence-electron chi connectivity index (χ0n) is 14.8. The van der Waals surface area contributed by atoms with Crippen LogP contribution in [0.25, 0.3) is 27.8 Å². The first-order valence-electron chi connectivity index (χ1n) is 8.77. The van der Waals surface area contributed by atoms with Crippen molar-refractivity contribution in [2.24, 2.45) is 5.92 Å². The molecule has 4 aromatic rings. The summed E-state index contributed by atoms with van der Waals surface area (Å²) in [4.78, 5) is 20.3. The molecule has 1 aliphatic rings. The van der Waals surface area contributed by atoms with Crippen molar-refractivity contribution in [2.45, 2.75) is 19.0 Å². The smallest absolute Gasteiger partial charge is 0.268 e. The number of alkyl halides is 3. The second-order valence-corrected chi connectivity index (χ2v) is 7.27. The van der Waals surface area contributed by atoms with E-state index in [1.165, 1.54) is 29.2 Å². The number of anilines is 1. The first kappa shape index (κ1) is 18.8. The topological polar surface area (TPSA) is 88.0 Å². The fraction of sp³-hybridized carbons (Fsp3) is 0.222. The Morgan fingerprint density at radius 1 is 1.33 bits per heavy atom. The number of hydrogen-bond acceptors (Lipinski definition) is 4. The van der Waals surface area contributed by atoms with Crippen LogP contribution in [0.1, 0.15) is 18.4 Å². The number of nitrogens with one attached hydrogen (secondary N) is 2. The summed E-state index contributed by atoms with van der Waals surface area (Å²) in [6, 6.07) is 0. The molecule has 1 amide bonds. The van der Waals surface area contributed by atoms with Crippen LogP contribution in [0.3, 0.4) is 0 Å². The van der Waals surface area contributed by atoms with Crippen LogP contribution in [0, 0.1) is 11.7 Å². The van der Waals surface area contributed by atoms with Crippen molar-refractivity contribution in [3.63, 3.8) is 0 Å². The van der Waals surface area contributed by atoms with Gasteiger partial charge in [-0.15, -0.1) is 0 Å². The molecule has 2 N–H and O–H groups in total. The monoisotopic (exact) mass is 438 g/mol. The minimum atomic E-state index is -3.09. The Morgan fingerprint density at radius 2 is 2.10 bits per heavy atom. The molecule has 0 aliphatic heterocycles. The van der Waals surface area contributed by atoms with E-state index >= 15 is 0 Å². The Labute approximate surface area is 170 Å². The molecule has 1 saturated carbocycles. The van der Waals surface area contributed by atoms with E-state index < -0.39 is 40.8 Å². The van der Waals surface area contributed by atoms with E-state index in [0.717, 1.165) is 0 Å². The van der Waals surface area contributed by atoms with Crippen LogP contribution in [0.4, 0.5) is 23.4 Å². The molecule has 0 radical (unpaired) electrons. The van der Waals surface area contributed by atoms with Gasteiger partial charge in [-0.1, -0.05) is 11.6 Å². The molecule has 0 saturated heterocycles. The fourth-order valence-electron chi connectivity index (χ4n) is 3.34. The number of nitrogens with zero attached hydrogens (tertiary/aromatic N) is 4. The van der Waals surface area contributed by atoms with Gasteiger partial charge in [-0.05, 0) is 6.42 Å². The third kappa shape index (κ3) is 2.88. The zero-order chi connectivity index (χ0) is 21.2. The summed E-state index contributed by atoms with van der Waals surface area (Å²) in [5.74, 6) is -2.21. The molecule has 1 fully saturated rings. The van der Waals surface area contributed by atoms with Gasteiger partial charge in [0, 0.05) is 17.1 Å². The number of aromatic amines is 1. The lowest BCUT2D eigenvalue weighted by molar-refractivity contribution is -0.117. The predicted octanol–water partition coefficient (Wildman–Crippen LogP) is 4.30. The Morgan fingerprint density at radius 3 is 2.80 bits per heavy atom. The second kappa shape index (κ2) is 6.66. The summed E-state index contributed by atoms with van der Waals surface area (Å²) in [5, 5.41) is 8.30. The van der Waals surface area contributed by atoms with Crippen molar-refractivity contribution in [1.82, 2.24) is 24.6 Å². The third-order valence-corrected chi connectivity index (χ3v) is 5.30. The number of H-pyrrole nitrogens is 1. The molecule has 2 unspecified atom stereocenters. The highest BCUT2D eigenvalue weighted by molar-refractivity contribution is 6.35. The maximum Gasteiger partial charge on any atom is 0.268 e. The number of rotatable bonds is 4. The number of imidazole rings is 1. The first-order valence-corrected chi connectivity index (χ1v) is 9.15. The van der Waals surface area contributed by atoms with Gasteiger partial charge in [-0.2, -0.15) is 5.10 Å². The Bertz CT molecular complexity index is 1320. The van der Waals surface area contributed by atoms with Gasteiger partial charge in [0.2, 0.25) is 5.91 Å². The maximum atomic E-state index is 14.6. The number of amides is 1. The van der Waals surface area contributed by atoms with Crippen LogP contribution in [-0.2, 0) is 4.79 Å². The van der Waals surface area contributed by atoms with E-state index in [1.807, 2.05) is 0 Å². The first-order chi connectivity index (χ1) is 14.3. The quantitative estimate of drug-likeness (QED) is 0.465. The van der Waals surface area contributed by atoms with Crippen LogP contribution >= 0.6 is 11.6 Å². The minimum absolute atomic E-state index is 0.0850. The van der Waals surface area contributed by atoms with Crippen LogP contribution in [0.15, 0.2) is 24.8 Å². The zero-order valence-corrected chi connectivity index (χ0v) is 15.6. The van der Waals surface area contributed by atoms with Crippen molar-refractivity contribution in [3.05, 3.63) is 41.2 Å². The number of carbonyl (C=O) groups is 1. The van der Waals surface area contributed by atoms with Crippen molar-refractivity contribution in [2.75, 3.05) is 5.32 Å². The van der Waals surface area contributed by atoms with Crippen molar-refractivity contribution < 1.29 is 22.4 Å². The molecule has 5 rings (SSSR count). The van der Waals surface area contributed by atoms with Crippen LogP contribution in [0.5, 0.6) is 0 Å². The van der Waals surface area contributed by atoms with Gasteiger partial charge in [-0.25, -0.2) is 22.5 Å². The molecular weight excluding hydrogens is 428 g/mol. The van der Waals surface area contributed by atoms with Crippen molar-refractivity contribution in [3.8, 4) is 11.3 Å². The highest BCUT2D eigenvalue weighted by Gasteiger charge is 2.43. The number of benzene rings is 1. The highest BCUT2D eigenvalue weighted by atomic mass is 35.5. The SMILES string of the molecule is O=C(Nc1cn2cc(-c3c(Cl)c(F)c(C(F)F)c4[nH]ncc34)ncc2n1)C1CC1F. The summed E-state index contributed by atoms with van der Waals surface area (Å²) in [5.41, 5.74) is -0.420. The van der Waals surface area contributed by atoms with Gasteiger partial charge >= 0.3 is 0 Å². The largest absolute Gasteiger partial charge is 0.309 e. The Hall–Kier alpha value is -3.21. The number of fused-ring (bicyclic) bond motifs is 2. The molecule has 7 nitrogen and oxygen atoms in total. The van der Waals surface area contributed by atoms with Crippen LogP contribution in [0.2, 0.25) is 5.02 Å². The van der Waals surface area contributed by atoms with Gasteiger partial charge in [0.1, 0.15) is 6.17 Å². The van der Waals surface area contributed by atoms with Crippen molar-refractivity contribution >= 4 is 39.9 Å². The minimum Gasteiger partial charge on any atom is -0.309 e. The lowest BCUT2D eigenvalue weighted by atomic mass is 10.0. The van der Waals surface area contributed by atoms with Crippen LogP contribution in [-0.4, -0.2) is 36.6 Å². The van der Waals surface area contributed by atoms with Crippen LogP contribution < -0.4 is 5.32 Å². The van der Waals surface area contributed by atoms with Crippen molar-refractivity contribution in [1.29, 1.82) is 0 Å². The van der Waals surface area contributed by atoms with E-state index in [2.05, 4.69) is 25.5 Å². The Kier molecular flexibility index (Phi) is 4.17.